The van der Waals surface area contributed by atoms with Crippen molar-refractivity contribution in [3.8, 4) is 0 Å². The minimum atomic E-state index is -1.01. The molecule has 0 aliphatic rings. The number of nitrogens with two attached hydrogens (primary N) is 1. The van der Waals surface area contributed by atoms with Crippen molar-refractivity contribution in [3.63, 3.8) is 0 Å². The summed E-state index contributed by atoms with van der Waals surface area (Å²) in [5.74, 6) is -0.212. The van der Waals surface area contributed by atoms with Gasteiger partial charge in [0.1, 0.15) is 11.9 Å². The van der Waals surface area contributed by atoms with Gasteiger partial charge in [0.2, 0.25) is 0 Å². The van der Waals surface area contributed by atoms with E-state index in [4.69, 9.17) is 10.8 Å². The molecule has 5 nitrogen and oxygen atoms in total. The Labute approximate surface area is 113 Å². The van der Waals surface area contributed by atoms with Gasteiger partial charge in [0, 0.05) is 19.3 Å². The highest BCUT2D eigenvalue weighted by atomic mass is 16.4. The molecule has 0 radical (unpaired) electrons. The van der Waals surface area contributed by atoms with Gasteiger partial charge in [0.25, 0.3) is 0 Å². The number of aromatic nitrogens is 1. The molecule has 5 heteroatoms. The molecule has 0 aliphatic carbocycles. The van der Waals surface area contributed by atoms with E-state index in [0.717, 1.165) is 11.4 Å². The predicted octanol–water partition coefficient (Wildman–Crippen LogP) is 1.21. The molecule has 0 spiro atoms. The number of rotatable bonds is 8. The van der Waals surface area contributed by atoms with E-state index in [1.54, 1.807) is 18.3 Å². The molecule has 102 valence electrons. The molecule has 1 unspecified atom stereocenters. The lowest BCUT2D eigenvalue weighted by Crippen LogP contribution is -2.32. The third-order valence-electron chi connectivity index (χ3n) is 2.60. The molecule has 0 aliphatic heterocycles. The summed E-state index contributed by atoms with van der Waals surface area (Å²) in [6.07, 6.45) is 5.50. The van der Waals surface area contributed by atoms with Gasteiger partial charge in [-0.15, -0.1) is 13.2 Å². The van der Waals surface area contributed by atoms with Crippen LogP contribution in [0.3, 0.4) is 0 Å². The van der Waals surface area contributed by atoms with Crippen molar-refractivity contribution in [3.05, 3.63) is 49.2 Å². The van der Waals surface area contributed by atoms with E-state index in [2.05, 4.69) is 18.1 Å². The Kier molecular flexibility index (Phi) is 5.75. The number of carbonyl (C=O) groups is 1. The fourth-order valence-corrected chi connectivity index (χ4v) is 1.64. The molecular formula is C14H19N3O2. The summed E-state index contributed by atoms with van der Waals surface area (Å²) < 4.78 is 0. The summed E-state index contributed by atoms with van der Waals surface area (Å²) in [5, 5.41) is 8.75. The quantitative estimate of drug-likeness (QED) is 0.688. The lowest BCUT2D eigenvalue weighted by atomic mass is 10.1. The van der Waals surface area contributed by atoms with Gasteiger partial charge in [-0.2, -0.15) is 0 Å². The van der Waals surface area contributed by atoms with Crippen molar-refractivity contribution < 1.29 is 9.90 Å². The topological polar surface area (TPSA) is 79.5 Å². The van der Waals surface area contributed by atoms with Crippen LogP contribution in [0.15, 0.2) is 43.6 Å². The zero-order valence-electron chi connectivity index (χ0n) is 10.8. The zero-order valence-corrected chi connectivity index (χ0v) is 10.8. The Balaban J connectivity index is 2.76. The molecule has 0 aromatic carbocycles. The van der Waals surface area contributed by atoms with E-state index in [-0.39, 0.29) is 6.42 Å². The van der Waals surface area contributed by atoms with Crippen LogP contribution in [0.4, 0.5) is 5.82 Å². The highest BCUT2D eigenvalue weighted by molar-refractivity contribution is 5.73. The van der Waals surface area contributed by atoms with Crippen molar-refractivity contribution in [1.82, 2.24) is 4.98 Å². The minimum absolute atomic E-state index is 0.269. The monoisotopic (exact) mass is 261 g/mol. The van der Waals surface area contributed by atoms with E-state index >= 15 is 0 Å². The van der Waals surface area contributed by atoms with Gasteiger partial charge in [-0.1, -0.05) is 18.2 Å². The molecule has 1 aromatic rings. The SMILES string of the molecule is C=CCN(CC=C)c1ccc(CC(N)C(=O)O)cn1. The van der Waals surface area contributed by atoms with Crippen LogP contribution in [0.2, 0.25) is 0 Å². The molecule has 3 N–H and O–H groups in total. The van der Waals surface area contributed by atoms with E-state index in [1.807, 2.05) is 17.0 Å². The Bertz CT molecular complexity index is 433. The van der Waals surface area contributed by atoms with Crippen LogP contribution in [-0.4, -0.2) is 35.2 Å². The summed E-state index contributed by atoms with van der Waals surface area (Å²) in [6, 6.07) is 2.78. The molecule has 0 amide bonds. The predicted molar refractivity (Wildman–Crippen MR) is 76.2 cm³/mol. The molecule has 0 bridgehead atoms. The third-order valence-corrected chi connectivity index (χ3v) is 2.60. The van der Waals surface area contributed by atoms with Crippen LogP contribution < -0.4 is 10.6 Å². The lowest BCUT2D eigenvalue weighted by Gasteiger charge is -2.20. The first kappa shape index (κ1) is 14.9. The first-order chi connectivity index (χ1) is 9.08. The van der Waals surface area contributed by atoms with Crippen molar-refractivity contribution in [1.29, 1.82) is 0 Å². The van der Waals surface area contributed by atoms with Crippen LogP contribution in [-0.2, 0) is 11.2 Å². The van der Waals surface area contributed by atoms with E-state index in [1.165, 1.54) is 0 Å². The number of carboxylic acid groups (broad SMARTS) is 1. The first-order valence-electron chi connectivity index (χ1n) is 5.98. The number of nitrogens with zero attached hydrogens (tertiary/aromatic N) is 2. The van der Waals surface area contributed by atoms with E-state index in [0.29, 0.717) is 13.1 Å². The summed E-state index contributed by atoms with van der Waals surface area (Å²) >= 11 is 0. The molecule has 0 fully saturated rings. The molecule has 1 heterocycles. The van der Waals surface area contributed by atoms with Gasteiger partial charge in [0.05, 0.1) is 0 Å². The van der Waals surface area contributed by atoms with Crippen LogP contribution in [0.5, 0.6) is 0 Å². The van der Waals surface area contributed by atoms with Gasteiger partial charge < -0.3 is 15.7 Å². The maximum absolute atomic E-state index is 10.7. The highest BCUT2D eigenvalue weighted by Crippen LogP contribution is 2.12. The minimum Gasteiger partial charge on any atom is -0.480 e. The van der Waals surface area contributed by atoms with Gasteiger partial charge >= 0.3 is 5.97 Å². The van der Waals surface area contributed by atoms with Crippen molar-refractivity contribution in [2.45, 2.75) is 12.5 Å². The van der Waals surface area contributed by atoms with Crippen LogP contribution in [0, 0.1) is 0 Å². The molecule has 1 atom stereocenters. The summed E-state index contributed by atoms with van der Waals surface area (Å²) in [5.41, 5.74) is 6.28. The second kappa shape index (κ2) is 7.33. The summed E-state index contributed by atoms with van der Waals surface area (Å²) in [6.45, 7) is 8.75. The molecule has 0 saturated heterocycles. The molecule has 1 aromatic heterocycles. The fourth-order valence-electron chi connectivity index (χ4n) is 1.64. The van der Waals surface area contributed by atoms with Crippen molar-refractivity contribution >= 4 is 11.8 Å². The average Bonchev–Trinajstić information content (AvgIpc) is 2.39. The molecular weight excluding hydrogens is 242 g/mol. The van der Waals surface area contributed by atoms with Crippen molar-refractivity contribution in [2.24, 2.45) is 5.73 Å². The van der Waals surface area contributed by atoms with Gasteiger partial charge in [-0.3, -0.25) is 4.79 Å². The maximum Gasteiger partial charge on any atom is 0.320 e. The second-order valence-electron chi connectivity index (χ2n) is 4.16. The number of hydrogen-bond acceptors (Lipinski definition) is 4. The average molecular weight is 261 g/mol. The van der Waals surface area contributed by atoms with Crippen LogP contribution >= 0.6 is 0 Å². The molecule has 0 saturated carbocycles. The number of anilines is 1. The van der Waals surface area contributed by atoms with Gasteiger partial charge in [-0.05, 0) is 18.1 Å². The Morgan fingerprint density at radius 3 is 2.47 bits per heavy atom. The third kappa shape index (κ3) is 4.56. The Morgan fingerprint density at radius 2 is 2.05 bits per heavy atom. The van der Waals surface area contributed by atoms with Crippen LogP contribution in [0.25, 0.3) is 0 Å². The second-order valence-corrected chi connectivity index (χ2v) is 4.16. The summed E-state index contributed by atoms with van der Waals surface area (Å²) in [7, 11) is 0. The Morgan fingerprint density at radius 1 is 1.42 bits per heavy atom. The van der Waals surface area contributed by atoms with E-state index in [9.17, 15) is 4.79 Å². The standard InChI is InChI=1S/C14H19N3O2/c1-3-7-17(8-4-2)13-6-5-11(10-16-13)9-12(15)14(18)19/h3-6,10,12H,1-2,7-9,15H2,(H,18,19). The number of aliphatic carboxylic acids is 1. The Hall–Kier alpha value is -2.14. The lowest BCUT2D eigenvalue weighted by molar-refractivity contribution is -0.138. The largest absolute Gasteiger partial charge is 0.480 e. The first-order valence-corrected chi connectivity index (χ1v) is 5.98. The van der Waals surface area contributed by atoms with Crippen LogP contribution in [0.1, 0.15) is 5.56 Å². The fraction of sp³-hybridized carbons (Fsp3) is 0.286. The summed E-state index contributed by atoms with van der Waals surface area (Å²) in [4.78, 5) is 17.0. The zero-order chi connectivity index (χ0) is 14.3. The smallest absolute Gasteiger partial charge is 0.320 e. The van der Waals surface area contributed by atoms with Gasteiger partial charge in [-0.25, -0.2) is 4.98 Å². The molecule has 19 heavy (non-hydrogen) atoms. The maximum atomic E-state index is 10.7. The number of carboxylic acids is 1. The van der Waals surface area contributed by atoms with E-state index < -0.39 is 12.0 Å². The highest BCUT2D eigenvalue weighted by Gasteiger charge is 2.12. The molecule has 1 rings (SSSR count). The normalized spacial score (nSPS) is 11.6. The van der Waals surface area contributed by atoms with Crippen molar-refractivity contribution in [2.75, 3.05) is 18.0 Å². The number of pyridine rings is 1. The number of hydrogen-bond donors (Lipinski definition) is 2. The van der Waals surface area contributed by atoms with Gasteiger partial charge in [0.15, 0.2) is 0 Å².